The van der Waals surface area contributed by atoms with Gasteiger partial charge in [0, 0.05) is 6.42 Å². The lowest BCUT2D eigenvalue weighted by atomic mass is 9.97. The molecule has 1 aromatic rings. The average Bonchev–Trinajstić information content (AvgIpc) is 2.29. The number of Topliss-reactive ketones (excluding diaryl/α,β-unsaturated/α-hetero) is 1. The maximum absolute atomic E-state index is 10.9. The van der Waals surface area contributed by atoms with Crippen LogP contribution in [0, 0.1) is 6.92 Å². The van der Waals surface area contributed by atoms with Gasteiger partial charge < -0.3 is 9.90 Å². The molecule has 0 aliphatic carbocycles. The van der Waals surface area contributed by atoms with Crippen LogP contribution in [0.25, 0.3) is 0 Å². The minimum absolute atomic E-state index is 0.250. The summed E-state index contributed by atoms with van der Waals surface area (Å²) in [6.07, 6.45) is 4.39. The highest BCUT2D eigenvalue weighted by Crippen LogP contribution is 2.27. The number of aryl methyl sites for hydroxylation is 1. The normalized spacial score (nSPS) is 12.4. The van der Waals surface area contributed by atoms with Crippen LogP contribution >= 0.6 is 38.5 Å². The number of carbonyl (C=O) groups excluding carboxylic acids is 1. The Labute approximate surface area is 137 Å². The van der Waals surface area contributed by atoms with E-state index in [0.29, 0.717) is 15.0 Å². The van der Waals surface area contributed by atoms with Crippen LogP contribution in [0.2, 0.25) is 0 Å². The molecule has 0 heterocycles. The third-order valence-corrected chi connectivity index (χ3v) is 3.93. The van der Waals surface area contributed by atoms with Crippen molar-refractivity contribution in [3.05, 3.63) is 28.8 Å². The van der Waals surface area contributed by atoms with Gasteiger partial charge >= 0.3 is 0 Å². The number of halogens is 2. The number of hydrogen-bond acceptors (Lipinski definition) is 2. The quantitative estimate of drug-likeness (QED) is 0.380. The smallest absolute Gasteiger partial charge is 0.129 e. The van der Waals surface area contributed by atoms with Gasteiger partial charge in [0.25, 0.3) is 0 Å². The molecular weight excluding hydrogens is 419 g/mol. The highest BCUT2D eigenvalue weighted by molar-refractivity contribution is 14.1. The summed E-state index contributed by atoms with van der Waals surface area (Å²) in [5.41, 5.74) is 3.32. The van der Waals surface area contributed by atoms with E-state index in [0.717, 1.165) is 36.8 Å². The van der Waals surface area contributed by atoms with Crippen LogP contribution in [0.5, 0.6) is 5.75 Å². The summed E-state index contributed by atoms with van der Waals surface area (Å²) in [6, 6.07) is 4.02. The zero-order chi connectivity index (χ0) is 14.4. The standard InChI is InChI=1S/C15H20BrIO2/c1-10(18)5-3-4-6-13-7-12(9-15(16)17)8-14(19)11(13)2/h7-8,15,19H,3-6,9H2,1-2H3. The van der Waals surface area contributed by atoms with Crippen molar-refractivity contribution in [1.82, 2.24) is 0 Å². The Kier molecular flexibility index (Phi) is 7.36. The third-order valence-electron chi connectivity index (χ3n) is 3.16. The summed E-state index contributed by atoms with van der Waals surface area (Å²) < 4.78 is 0.373. The van der Waals surface area contributed by atoms with Crippen LogP contribution in [-0.4, -0.2) is 13.7 Å². The summed E-state index contributed by atoms with van der Waals surface area (Å²) in [4.78, 5) is 10.9. The van der Waals surface area contributed by atoms with E-state index >= 15 is 0 Å². The summed E-state index contributed by atoms with van der Waals surface area (Å²) in [6.45, 7) is 3.59. The van der Waals surface area contributed by atoms with Crippen LogP contribution in [0.4, 0.5) is 0 Å². The molecule has 0 aliphatic rings. The summed E-state index contributed by atoms with van der Waals surface area (Å²) in [5, 5.41) is 9.97. The van der Waals surface area contributed by atoms with Crippen molar-refractivity contribution in [3.63, 3.8) is 0 Å². The lowest BCUT2D eigenvalue weighted by Gasteiger charge is -2.11. The Bertz CT molecular complexity index is 444. The van der Waals surface area contributed by atoms with Crippen LogP contribution in [0.15, 0.2) is 12.1 Å². The molecule has 0 saturated carbocycles. The van der Waals surface area contributed by atoms with Gasteiger partial charge in [-0.25, -0.2) is 0 Å². The number of carbonyl (C=O) groups is 1. The Morgan fingerprint density at radius 3 is 2.68 bits per heavy atom. The summed E-state index contributed by atoms with van der Waals surface area (Å²) in [7, 11) is 0. The molecule has 0 aromatic heterocycles. The number of phenolic OH excluding ortho intramolecular Hbond substituents is 1. The Hall–Kier alpha value is -0.100. The molecule has 0 fully saturated rings. The molecule has 1 atom stereocenters. The van der Waals surface area contributed by atoms with Crippen molar-refractivity contribution in [1.29, 1.82) is 0 Å². The average molecular weight is 439 g/mol. The molecule has 0 amide bonds. The first-order valence-electron chi connectivity index (χ1n) is 6.49. The molecule has 1 aromatic carbocycles. The van der Waals surface area contributed by atoms with Gasteiger partial charge in [0.15, 0.2) is 0 Å². The largest absolute Gasteiger partial charge is 0.508 e. The van der Waals surface area contributed by atoms with E-state index in [9.17, 15) is 9.90 Å². The van der Waals surface area contributed by atoms with E-state index in [4.69, 9.17) is 0 Å². The topological polar surface area (TPSA) is 37.3 Å². The highest BCUT2D eigenvalue weighted by atomic mass is 127. The van der Waals surface area contributed by atoms with Gasteiger partial charge in [-0.3, -0.25) is 0 Å². The molecule has 19 heavy (non-hydrogen) atoms. The molecule has 1 N–H and O–H groups in total. The summed E-state index contributed by atoms with van der Waals surface area (Å²) in [5.74, 6) is 0.629. The second-order valence-corrected chi connectivity index (χ2v) is 9.22. The molecule has 1 rings (SSSR count). The molecule has 0 saturated heterocycles. The molecule has 4 heteroatoms. The SMILES string of the molecule is CC(=O)CCCCc1cc(CC(Br)I)cc(O)c1C. The number of aromatic hydroxyl groups is 1. The second kappa shape index (κ2) is 8.25. The van der Waals surface area contributed by atoms with Crippen molar-refractivity contribution < 1.29 is 9.90 Å². The van der Waals surface area contributed by atoms with E-state index in [2.05, 4.69) is 44.6 Å². The fraction of sp³-hybridized carbons (Fsp3) is 0.533. The number of hydrogen-bond donors (Lipinski definition) is 1. The van der Waals surface area contributed by atoms with Gasteiger partial charge in [-0.05, 0) is 62.3 Å². The van der Waals surface area contributed by atoms with Crippen LogP contribution < -0.4 is 0 Å². The van der Waals surface area contributed by atoms with Crippen molar-refractivity contribution in [2.24, 2.45) is 0 Å². The van der Waals surface area contributed by atoms with E-state index in [-0.39, 0.29) is 5.78 Å². The Morgan fingerprint density at radius 1 is 1.42 bits per heavy atom. The molecule has 1 unspecified atom stereocenters. The van der Waals surface area contributed by atoms with Gasteiger partial charge in [-0.2, -0.15) is 0 Å². The van der Waals surface area contributed by atoms with Gasteiger partial charge in [0.2, 0.25) is 0 Å². The number of benzene rings is 1. The van der Waals surface area contributed by atoms with E-state index < -0.39 is 0 Å². The molecule has 0 radical (unpaired) electrons. The van der Waals surface area contributed by atoms with Crippen molar-refractivity contribution >= 4 is 44.3 Å². The predicted molar refractivity (Wildman–Crippen MR) is 91.5 cm³/mol. The molecular formula is C15H20BrIO2. The molecule has 0 spiro atoms. The van der Waals surface area contributed by atoms with Crippen LogP contribution in [-0.2, 0) is 17.6 Å². The Balaban J connectivity index is 2.70. The molecule has 0 aliphatic heterocycles. The molecule has 106 valence electrons. The minimum atomic E-state index is 0.250. The first-order chi connectivity index (χ1) is 8.90. The maximum atomic E-state index is 10.9. The first-order valence-corrected chi connectivity index (χ1v) is 8.65. The minimum Gasteiger partial charge on any atom is -0.508 e. The van der Waals surface area contributed by atoms with Crippen molar-refractivity contribution in [2.75, 3.05) is 0 Å². The maximum Gasteiger partial charge on any atom is 0.129 e. The van der Waals surface area contributed by atoms with Gasteiger partial charge in [0.05, 0.1) is 2.83 Å². The van der Waals surface area contributed by atoms with Crippen LogP contribution in [0.1, 0.15) is 42.9 Å². The van der Waals surface area contributed by atoms with Crippen molar-refractivity contribution in [3.8, 4) is 5.75 Å². The monoisotopic (exact) mass is 438 g/mol. The molecule has 0 bridgehead atoms. The van der Waals surface area contributed by atoms with Crippen molar-refractivity contribution in [2.45, 2.75) is 48.8 Å². The van der Waals surface area contributed by atoms with Gasteiger partial charge in [-0.15, -0.1) is 0 Å². The van der Waals surface area contributed by atoms with E-state index in [1.807, 2.05) is 13.0 Å². The van der Waals surface area contributed by atoms with Crippen LogP contribution in [0.3, 0.4) is 0 Å². The number of phenols is 1. The zero-order valence-electron chi connectivity index (χ0n) is 11.4. The number of rotatable bonds is 7. The third kappa shape index (κ3) is 6.25. The van der Waals surface area contributed by atoms with Gasteiger partial charge in [0.1, 0.15) is 11.5 Å². The fourth-order valence-corrected chi connectivity index (χ4v) is 2.95. The zero-order valence-corrected chi connectivity index (χ0v) is 15.1. The highest BCUT2D eigenvalue weighted by Gasteiger charge is 2.09. The van der Waals surface area contributed by atoms with E-state index in [1.54, 1.807) is 6.92 Å². The van der Waals surface area contributed by atoms with Gasteiger partial charge in [-0.1, -0.05) is 44.6 Å². The van der Waals surface area contributed by atoms with E-state index in [1.165, 1.54) is 5.56 Å². The lowest BCUT2D eigenvalue weighted by molar-refractivity contribution is -0.117. The molecule has 2 nitrogen and oxygen atoms in total. The predicted octanol–water partition coefficient (Wildman–Crippen LogP) is 4.70. The Morgan fingerprint density at radius 2 is 2.11 bits per heavy atom. The number of alkyl halides is 2. The summed E-state index contributed by atoms with van der Waals surface area (Å²) >= 11 is 5.84. The number of ketones is 1. The fourth-order valence-electron chi connectivity index (χ4n) is 2.07. The first kappa shape index (κ1) is 17.0. The number of unbranched alkanes of at least 4 members (excludes halogenated alkanes) is 1. The lowest BCUT2D eigenvalue weighted by Crippen LogP contribution is -1.98. The second-order valence-electron chi connectivity index (χ2n) is 4.90.